The van der Waals surface area contributed by atoms with Crippen molar-refractivity contribution < 1.29 is 28.1 Å². The van der Waals surface area contributed by atoms with E-state index in [2.05, 4.69) is 20.8 Å². The van der Waals surface area contributed by atoms with Crippen LogP contribution in [-0.4, -0.2) is 102 Å². The Bertz CT molecular complexity index is 1990. The van der Waals surface area contributed by atoms with Gasteiger partial charge < -0.3 is 30.0 Å². The number of hydrogen-bond donors (Lipinski definition) is 2. The van der Waals surface area contributed by atoms with Gasteiger partial charge in [-0.1, -0.05) is 0 Å². The minimum Gasteiger partial charge on any atom is -0.462 e. The van der Waals surface area contributed by atoms with Gasteiger partial charge in [0.15, 0.2) is 5.82 Å². The highest BCUT2D eigenvalue weighted by Crippen LogP contribution is 2.49. The summed E-state index contributed by atoms with van der Waals surface area (Å²) in [7, 11) is 3.72. The number of nitrogens with two attached hydrogens (primary N) is 1. The second-order valence-corrected chi connectivity index (χ2v) is 14.9. The molecule has 2 bridgehead atoms. The number of aliphatic hydroxyl groups is 1. The Labute approximate surface area is 286 Å². The molecule has 4 aliphatic rings. The molecule has 2 aromatic heterocycles. The van der Waals surface area contributed by atoms with Crippen molar-refractivity contribution in [1.82, 2.24) is 19.8 Å². The summed E-state index contributed by atoms with van der Waals surface area (Å²) >= 11 is 1.17. The molecule has 14 heteroatoms. The van der Waals surface area contributed by atoms with E-state index in [9.17, 15) is 10.4 Å². The van der Waals surface area contributed by atoms with Gasteiger partial charge in [-0.3, -0.25) is 9.80 Å². The van der Waals surface area contributed by atoms with Gasteiger partial charge in [-0.25, -0.2) is 8.78 Å². The average molecular weight is 692 g/mol. The van der Waals surface area contributed by atoms with Crippen molar-refractivity contribution in [3.8, 4) is 23.2 Å². The lowest BCUT2D eigenvalue weighted by molar-refractivity contribution is 0.110. The van der Waals surface area contributed by atoms with Crippen LogP contribution in [0.5, 0.6) is 6.01 Å². The number of hydrogen-bond acceptors (Lipinski definition) is 12. The fourth-order valence-corrected chi connectivity index (χ4v) is 9.40. The van der Waals surface area contributed by atoms with Crippen LogP contribution >= 0.6 is 11.3 Å². The van der Waals surface area contributed by atoms with Gasteiger partial charge in [0.2, 0.25) is 0 Å². The van der Waals surface area contributed by atoms with Crippen molar-refractivity contribution in [2.75, 3.05) is 57.6 Å². The molecule has 0 saturated carbocycles. The van der Waals surface area contributed by atoms with Gasteiger partial charge in [0.05, 0.1) is 36.4 Å². The number of piperazine rings is 1. The maximum Gasteiger partial charge on any atom is 0.319 e. The van der Waals surface area contributed by atoms with Crippen molar-refractivity contribution in [1.29, 1.82) is 5.26 Å². The van der Waals surface area contributed by atoms with Crippen LogP contribution in [0, 0.1) is 23.0 Å². The normalized spacial score (nSPS) is 24.6. The number of aromatic nitrogens is 2. The van der Waals surface area contributed by atoms with Gasteiger partial charge in [-0.05, 0) is 56.5 Å². The number of rotatable bonds is 8. The Morgan fingerprint density at radius 1 is 1.12 bits per heavy atom. The molecule has 4 aliphatic heterocycles. The third-order valence-electron chi connectivity index (χ3n) is 10.7. The van der Waals surface area contributed by atoms with Crippen LogP contribution in [0.3, 0.4) is 0 Å². The largest absolute Gasteiger partial charge is 0.462 e. The summed E-state index contributed by atoms with van der Waals surface area (Å²) in [5.74, 6) is -0.795. The molecule has 4 aromatic rings. The fraction of sp³-hybridized carbons (Fsp3) is 0.514. The van der Waals surface area contributed by atoms with E-state index in [-0.39, 0.29) is 82.7 Å². The van der Waals surface area contributed by atoms with Crippen LogP contribution in [0.25, 0.3) is 32.1 Å². The van der Waals surface area contributed by atoms with Crippen molar-refractivity contribution in [3.05, 3.63) is 40.5 Å². The lowest BCUT2D eigenvalue weighted by Gasteiger charge is -2.42. The van der Waals surface area contributed by atoms with E-state index in [1.54, 1.807) is 20.1 Å². The number of ether oxygens (including phenoxy) is 3. The summed E-state index contributed by atoms with van der Waals surface area (Å²) in [6, 6.07) is 5.24. The van der Waals surface area contributed by atoms with Gasteiger partial charge in [-0.15, -0.1) is 11.3 Å². The molecule has 2 aromatic carbocycles. The molecule has 5 atom stereocenters. The molecule has 3 saturated heterocycles. The molecule has 0 amide bonds. The Balaban J connectivity index is 1.32. The minimum absolute atomic E-state index is 0.0178. The molecule has 3 N–H and O–H groups in total. The molecule has 2 unspecified atom stereocenters. The minimum atomic E-state index is -0.717. The molecule has 258 valence electrons. The van der Waals surface area contributed by atoms with Crippen LogP contribution < -0.4 is 15.4 Å². The predicted molar refractivity (Wildman–Crippen MR) is 183 cm³/mol. The maximum atomic E-state index is 17.4. The zero-order chi connectivity index (χ0) is 34.1. The van der Waals surface area contributed by atoms with E-state index < -0.39 is 17.7 Å². The molecule has 49 heavy (non-hydrogen) atoms. The third kappa shape index (κ3) is 5.38. The second kappa shape index (κ2) is 12.6. The first-order valence-corrected chi connectivity index (χ1v) is 17.6. The molecule has 0 radical (unpaired) electrons. The average Bonchev–Trinajstić information content (AvgIpc) is 3.83. The van der Waals surface area contributed by atoms with E-state index in [1.165, 1.54) is 17.4 Å². The SMILES string of the molecule is CO[C@@H]1C[C@@H](COc2nc(N3C4CCC3CN(C[C@@H](C)O)C4)c3c4c(c(-c5c(F)ccc6sc(N)c(C#N)c56)c(F)c3n2)COC4)N(C)C1. The molecule has 0 aliphatic carbocycles. The summed E-state index contributed by atoms with van der Waals surface area (Å²) in [5.41, 5.74) is 7.56. The first kappa shape index (κ1) is 32.5. The summed E-state index contributed by atoms with van der Waals surface area (Å²) in [6.45, 7) is 5.13. The number of nitrogens with zero attached hydrogens (tertiary/aromatic N) is 6. The Morgan fingerprint density at radius 3 is 2.57 bits per heavy atom. The number of aliphatic hydroxyl groups excluding tert-OH is 1. The third-order valence-corrected chi connectivity index (χ3v) is 11.6. The number of anilines is 2. The Morgan fingerprint density at radius 2 is 1.88 bits per heavy atom. The first-order valence-electron chi connectivity index (χ1n) is 16.7. The molecule has 8 rings (SSSR count). The number of nitriles is 1. The van der Waals surface area contributed by atoms with Crippen molar-refractivity contribution in [2.45, 2.75) is 69.7 Å². The van der Waals surface area contributed by atoms with E-state index in [0.717, 1.165) is 38.9 Å². The number of nitrogen functional groups attached to an aromatic ring is 1. The molecule has 0 spiro atoms. The summed E-state index contributed by atoms with van der Waals surface area (Å²) in [4.78, 5) is 16.5. The van der Waals surface area contributed by atoms with Crippen LogP contribution in [0.1, 0.15) is 42.9 Å². The van der Waals surface area contributed by atoms with E-state index >= 15 is 8.78 Å². The monoisotopic (exact) mass is 691 g/mol. The standard InChI is InChI=1S/C35H39F2N7O4S/c1-17(45)10-43-11-18-4-5-19(12-43)44(18)34-29-24-16-47-15-23(24)28(30-25(36)6-7-26-27(30)22(9-38)33(39)49-26)31(37)32(29)40-35(41-34)48-14-20-8-21(46-3)13-42(20)2/h6-7,17-21,45H,4-5,8,10-16,39H2,1-3H3/t17-,18?,19?,20+,21-/m1/s1. The second-order valence-electron chi connectivity index (χ2n) is 13.8. The molecule has 3 fully saturated rings. The zero-order valence-corrected chi connectivity index (χ0v) is 28.5. The number of fused-ring (bicyclic) bond motifs is 6. The summed E-state index contributed by atoms with van der Waals surface area (Å²) in [6.07, 6.45) is 2.27. The summed E-state index contributed by atoms with van der Waals surface area (Å²) < 4.78 is 51.9. The summed E-state index contributed by atoms with van der Waals surface area (Å²) in [5, 5.41) is 21.2. The fourth-order valence-electron chi connectivity index (χ4n) is 8.47. The number of β-amino-alcohol motifs (C(OH)–C–C–N with tert-alkyl or cyclic N) is 1. The number of likely N-dealkylation sites (N-methyl/N-ethyl adjacent to an activating group) is 1. The van der Waals surface area contributed by atoms with Crippen LogP contribution in [0.2, 0.25) is 0 Å². The number of thiophene rings is 1. The van der Waals surface area contributed by atoms with Gasteiger partial charge in [0.1, 0.15) is 34.8 Å². The van der Waals surface area contributed by atoms with Gasteiger partial charge >= 0.3 is 6.01 Å². The topological polar surface area (TPSA) is 133 Å². The lowest BCUT2D eigenvalue weighted by atomic mass is 9.90. The van der Waals surface area contributed by atoms with E-state index in [4.69, 9.17) is 29.9 Å². The van der Waals surface area contributed by atoms with Gasteiger partial charge in [0.25, 0.3) is 0 Å². The first-order chi connectivity index (χ1) is 23.7. The quantitative estimate of drug-likeness (QED) is 0.272. The highest BCUT2D eigenvalue weighted by atomic mass is 32.1. The van der Waals surface area contributed by atoms with Crippen LogP contribution in [0.15, 0.2) is 12.1 Å². The molecular formula is C35H39F2N7O4S. The van der Waals surface area contributed by atoms with Crippen LogP contribution in [0.4, 0.5) is 19.6 Å². The molecule has 11 nitrogen and oxygen atoms in total. The zero-order valence-electron chi connectivity index (χ0n) is 27.7. The number of benzene rings is 2. The highest BCUT2D eigenvalue weighted by molar-refractivity contribution is 7.23. The number of methoxy groups -OCH3 is 1. The van der Waals surface area contributed by atoms with Gasteiger partial charge in [-0.2, -0.15) is 15.2 Å². The van der Waals surface area contributed by atoms with E-state index in [0.29, 0.717) is 33.6 Å². The maximum absolute atomic E-state index is 17.4. The Kier molecular flexibility index (Phi) is 8.33. The van der Waals surface area contributed by atoms with Crippen LogP contribution in [-0.2, 0) is 22.7 Å². The Hall–Kier alpha value is -3.71. The van der Waals surface area contributed by atoms with Crippen molar-refractivity contribution in [2.24, 2.45) is 0 Å². The van der Waals surface area contributed by atoms with E-state index in [1.807, 2.05) is 7.05 Å². The van der Waals surface area contributed by atoms with Crippen molar-refractivity contribution >= 4 is 43.1 Å². The van der Waals surface area contributed by atoms with Gasteiger partial charge in [0, 0.05) is 72.6 Å². The smallest absolute Gasteiger partial charge is 0.319 e. The van der Waals surface area contributed by atoms with Crippen molar-refractivity contribution in [3.63, 3.8) is 0 Å². The number of halogens is 2. The molecule has 6 heterocycles. The highest BCUT2D eigenvalue weighted by Gasteiger charge is 2.43. The molecular weight excluding hydrogens is 652 g/mol. The number of likely N-dealkylation sites (tertiary alicyclic amines) is 2. The predicted octanol–water partition coefficient (Wildman–Crippen LogP) is 4.41. The lowest BCUT2D eigenvalue weighted by Crippen LogP contribution is -2.55.